The molecule has 0 aliphatic rings. The summed E-state index contributed by atoms with van der Waals surface area (Å²) in [7, 11) is -3.57. The zero-order chi connectivity index (χ0) is 17.6. The summed E-state index contributed by atoms with van der Waals surface area (Å²) in [6.07, 6.45) is 1.28. The molecule has 0 aliphatic carbocycles. The third kappa shape index (κ3) is 4.56. The van der Waals surface area contributed by atoms with Crippen LogP contribution in [0.1, 0.15) is 27.7 Å². The van der Waals surface area contributed by atoms with Crippen molar-refractivity contribution in [2.45, 2.75) is 44.7 Å². The van der Waals surface area contributed by atoms with Crippen LogP contribution in [0.5, 0.6) is 0 Å². The molecule has 23 heavy (non-hydrogen) atoms. The first-order chi connectivity index (χ1) is 10.7. The Balaban J connectivity index is 3.07. The molecule has 1 N–H and O–H groups in total. The molecule has 0 radical (unpaired) electrons. The summed E-state index contributed by atoms with van der Waals surface area (Å²) in [5.41, 5.74) is 0.528. The van der Waals surface area contributed by atoms with Gasteiger partial charge in [0.05, 0.1) is 4.90 Å². The minimum absolute atomic E-state index is 0.0625. The molecule has 0 amide bonds. The summed E-state index contributed by atoms with van der Waals surface area (Å²) in [6.45, 7) is 7.35. The topological polar surface area (TPSA) is 97.0 Å². The van der Waals surface area contributed by atoms with Gasteiger partial charge in [-0.1, -0.05) is 0 Å². The van der Waals surface area contributed by atoms with E-state index in [9.17, 15) is 8.42 Å². The van der Waals surface area contributed by atoms with Gasteiger partial charge in [-0.2, -0.15) is 14.8 Å². The maximum absolute atomic E-state index is 12.7. The van der Waals surface area contributed by atoms with Crippen molar-refractivity contribution in [1.82, 2.24) is 4.31 Å². The van der Waals surface area contributed by atoms with Crippen LogP contribution in [-0.2, 0) is 10.0 Å². The fraction of sp³-hybridized carbons (Fsp3) is 0.375. The maximum atomic E-state index is 12.7. The molecule has 1 aromatic carbocycles. The van der Waals surface area contributed by atoms with Crippen LogP contribution in [0.15, 0.2) is 40.9 Å². The number of sulfonamides is 1. The Labute approximate surface area is 137 Å². The Hall–Kier alpha value is -2.35. The zero-order valence-electron chi connectivity index (χ0n) is 13.6. The van der Waals surface area contributed by atoms with Gasteiger partial charge in [-0.3, -0.25) is 0 Å². The number of allylic oxidation sites excluding steroid dienone is 1. The van der Waals surface area contributed by atoms with Crippen molar-refractivity contribution in [3.8, 4) is 12.1 Å². The molecule has 0 fully saturated rings. The molecular weight excluding hydrogens is 312 g/mol. The molecule has 0 spiro atoms. The monoisotopic (exact) mass is 332 g/mol. The summed E-state index contributed by atoms with van der Waals surface area (Å²) in [5.74, 6) is 0. The maximum Gasteiger partial charge on any atom is 0.243 e. The van der Waals surface area contributed by atoms with Gasteiger partial charge in [-0.25, -0.2) is 8.42 Å². The summed E-state index contributed by atoms with van der Waals surface area (Å²) in [6, 6.07) is 9.36. The largest absolute Gasteiger partial charge is 0.360 e. The van der Waals surface area contributed by atoms with Crippen molar-refractivity contribution in [3.63, 3.8) is 0 Å². The Kier molecular flexibility index (Phi) is 6.32. The highest BCUT2D eigenvalue weighted by molar-refractivity contribution is 7.89. The first kappa shape index (κ1) is 18.7. The van der Waals surface area contributed by atoms with Gasteiger partial charge < -0.3 is 5.32 Å². The van der Waals surface area contributed by atoms with E-state index in [2.05, 4.69) is 5.32 Å². The highest BCUT2D eigenvalue weighted by Crippen LogP contribution is 2.22. The van der Waals surface area contributed by atoms with Gasteiger partial charge in [0.1, 0.15) is 17.7 Å². The van der Waals surface area contributed by atoms with Gasteiger partial charge in [0.2, 0.25) is 10.0 Å². The van der Waals surface area contributed by atoms with Crippen LogP contribution < -0.4 is 5.32 Å². The number of nitrogens with zero attached hydrogens (tertiary/aromatic N) is 3. The fourth-order valence-electron chi connectivity index (χ4n) is 2.24. The van der Waals surface area contributed by atoms with Crippen LogP contribution in [0.2, 0.25) is 0 Å². The number of rotatable bonds is 6. The predicted octanol–water partition coefficient (Wildman–Crippen LogP) is 2.84. The fourth-order valence-corrected chi connectivity index (χ4v) is 4.07. The van der Waals surface area contributed by atoms with E-state index in [1.807, 2.05) is 27.7 Å². The van der Waals surface area contributed by atoms with Crippen molar-refractivity contribution in [3.05, 3.63) is 36.0 Å². The third-order valence-electron chi connectivity index (χ3n) is 3.07. The molecule has 7 heteroatoms. The second kappa shape index (κ2) is 7.77. The number of anilines is 1. The van der Waals surface area contributed by atoms with Crippen molar-refractivity contribution in [2.75, 3.05) is 5.32 Å². The van der Waals surface area contributed by atoms with E-state index in [0.29, 0.717) is 5.69 Å². The van der Waals surface area contributed by atoms with Crippen LogP contribution in [0.3, 0.4) is 0 Å². The predicted molar refractivity (Wildman–Crippen MR) is 88.7 cm³/mol. The molecule has 0 unspecified atom stereocenters. The van der Waals surface area contributed by atoms with Crippen molar-refractivity contribution < 1.29 is 8.42 Å². The summed E-state index contributed by atoms with van der Waals surface area (Å²) in [5, 5.41) is 20.1. The van der Waals surface area contributed by atoms with Crippen LogP contribution in [0.4, 0.5) is 5.69 Å². The molecule has 0 saturated carbocycles. The molecule has 0 bridgehead atoms. The lowest BCUT2D eigenvalue weighted by Gasteiger charge is -2.29. The Morgan fingerprint density at radius 2 is 1.57 bits per heavy atom. The molecule has 0 atom stereocenters. The number of nitrogens with one attached hydrogen (secondary N) is 1. The molecule has 0 heterocycles. The zero-order valence-corrected chi connectivity index (χ0v) is 14.4. The quantitative estimate of drug-likeness (QED) is 0.808. The average molecular weight is 332 g/mol. The highest BCUT2D eigenvalue weighted by atomic mass is 32.2. The van der Waals surface area contributed by atoms with Gasteiger partial charge in [0.25, 0.3) is 0 Å². The van der Waals surface area contributed by atoms with Gasteiger partial charge in [-0.15, -0.1) is 0 Å². The van der Waals surface area contributed by atoms with E-state index in [1.165, 1.54) is 22.6 Å². The SMILES string of the molecule is CC(C)N(C(C)C)S(=O)(=O)c1ccc(NC=C(C#N)C#N)cc1. The molecule has 122 valence electrons. The summed E-state index contributed by atoms with van der Waals surface area (Å²) >= 11 is 0. The molecule has 0 saturated heterocycles. The normalized spacial score (nSPS) is 11.2. The van der Waals surface area contributed by atoms with Gasteiger partial charge >= 0.3 is 0 Å². The van der Waals surface area contributed by atoms with Crippen molar-refractivity contribution in [2.24, 2.45) is 0 Å². The molecule has 0 aromatic heterocycles. The van der Waals surface area contributed by atoms with E-state index >= 15 is 0 Å². The van der Waals surface area contributed by atoms with Crippen LogP contribution >= 0.6 is 0 Å². The van der Waals surface area contributed by atoms with Crippen LogP contribution in [-0.4, -0.2) is 24.8 Å². The van der Waals surface area contributed by atoms with E-state index in [4.69, 9.17) is 10.5 Å². The molecule has 1 rings (SSSR count). The second-order valence-corrected chi connectivity index (χ2v) is 7.32. The molecule has 6 nitrogen and oxygen atoms in total. The van der Waals surface area contributed by atoms with Gasteiger partial charge in [-0.05, 0) is 52.0 Å². The average Bonchev–Trinajstić information content (AvgIpc) is 2.47. The van der Waals surface area contributed by atoms with E-state index in [-0.39, 0.29) is 22.6 Å². The number of hydrogen-bond acceptors (Lipinski definition) is 5. The van der Waals surface area contributed by atoms with Gasteiger partial charge in [0, 0.05) is 24.0 Å². The van der Waals surface area contributed by atoms with Crippen LogP contribution in [0, 0.1) is 22.7 Å². The Morgan fingerprint density at radius 3 is 1.96 bits per heavy atom. The smallest absolute Gasteiger partial charge is 0.243 e. The second-order valence-electron chi connectivity index (χ2n) is 5.47. The first-order valence-corrected chi connectivity index (χ1v) is 8.58. The minimum Gasteiger partial charge on any atom is -0.360 e. The Morgan fingerprint density at radius 1 is 1.09 bits per heavy atom. The third-order valence-corrected chi connectivity index (χ3v) is 5.34. The molecular formula is C16H20N4O2S. The standard InChI is InChI=1S/C16H20N4O2S/c1-12(2)20(13(3)4)23(21,22)16-7-5-15(6-8-16)19-11-14(9-17)10-18/h5-8,11-13,19H,1-4H3. The number of hydrogen-bond donors (Lipinski definition) is 1. The lowest BCUT2D eigenvalue weighted by molar-refractivity contribution is 0.302. The van der Waals surface area contributed by atoms with E-state index in [1.54, 1.807) is 24.3 Å². The van der Waals surface area contributed by atoms with E-state index < -0.39 is 10.0 Å². The summed E-state index contributed by atoms with van der Waals surface area (Å²) in [4.78, 5) is 0.204. The van der Waals surface area contributed by atoms with Gasteiger partial charge in [0.15, 0.2) is 0 Å². The number of benzene rings is 1. The Bertz CT molecular complexity index is 727. The lowest BCUT2D eigenvalue weighted by Crippen LogP contribution is -2.41. The minimum atomic E-state index is -3.57. The highest BCUT2D eigenvalue weighted by Gasteiger charge is 2.29. The molecule has 1 aromatic rings. The van der Waals surface area contributed by atoms with Crippen molar-refractivity contribution >= 4 is 15.7 Å². The first-order valence-electron chi connectivity index (χ1n) is 7.14. The molecule has 0 aliphatic heterocycles. The lowest BCUT2D eigenvalue weighted by atomic mass is 10.3. The van der Waals surface area contributed by atoms with Crippen LogP contribution in [0.25, 0.3) is 0 Å². The summed E-state index contributed by atoms with van der Waals surface area (Å²) < 4.78 is 26.8. The van der Waals surface area contributed by atoms with Crippen molar-refractivity contribution in [1.29, 1.82) is 10.5 Å². The van der Waals surface area contributed by atoms with E-state index in [0.717, 1.165) is 0 Å². The number of nitriles is 2.